The van der Waals surface area contributed by atoms with Gasteiger partial charge in [0.15, 0.2) is 0 Å². The highest BCUT2D eigenvalue weighted by Crippen LogP contribution is 2.32. The number of aromatic nitrogens is 3. The van der Waals surface area contributed by atoms with E-state index in [4.69, 9.17) is 0 Å². The molecule has 0 fully saturated rings. The second-order valence-corrected chi connectivity index (χ2v) is 5.01. The van der Waals surface area contributed by atoms with Crippen LogP contribution in [0.5, 0.6) is 0 Å². The highest BCUT2D eigenvalue weighted by atomic mass is 32.1. The van der Waals surface area contributed by atoms with Gasteiger partial charge in [-0.15, -0.1) is 16.4 Å². The quantitative estimate of drug-likeness (QED) is 0.673. The Labute approximate surface area is 90.5 Å². The summed E-state index contributed by atoms with van der Waals surface area (Å²) in [6.45, 7) is 0. The first-order valence-electron chi connectivity index (χ1n) is 5.11. The first-order chi connectivity index (χ1) is 7.27. The van der Waals surface area contributed by atoms with Crippen LogP contribution in [-0.2, 0) is 19.9 Å². The second-order valence-electron chi connectivity index (χ2n) is 3.91. The summed E-state index contributed by atoms with van der Waals surface area (Å²) in [7, 11) is 1.65. The molecule has 2 aromatic rings. The monoisotopic (exact) mass is 221 g/mol. The molecule has 1 aliphatic carbocycles. The van der Waals surface area contributed by atoms with Gasteiger partial charge in [-0.25, -0.2) is 4.68 Å². The van der Waals surface area contributed by atoms with Gasteiger partial charge >= 0.3 is 0 Å². The van der Waals surface area contributed by atoms with Gasteiger partial charge in [0.2, 0.25) is 0 Å². The largest absolute Gasteiger partial charge is 0.287 e. The maximum absolute atomic E-state index is 11.8. The fourth-order valence-corrected chi connectivity index (χ4v) is 3.39. The zero-order valence-corrected chi connectivity index (χ0v) is 9.30. The fraction of sp³-hybridized carbons (Fsp3) is 0.500. The summed E-state index contributed by atoms with van der Waals surface area (Å²) in [5, 5.41) is 7.99. The van der Waals surface area contributed by atoms with Crippen molar-refractivity contribution in [3.63, 3.8) is 0 Å². The smallest absolute Gasteiger partial charge is 0.266 e. The molecule has 0 bridgehead atoms. The third-order valence-corrected chi connectivity index (χ3v) is 4.18. The molecule has 0 radical (unpaired) electrons. The summed E-state index contributed by atoms with van der Waals surface area (Å²) in [5.74, 6) is 0. The van der Waals surface area contributed by atoms with Gasteiger partial charge in [0, 0.05) is 11.9 Å². The molecule has 0 aliphatic heterocycles. The van der Waals surface area contributed by atoms with E-state index in [9.17, 15) is 4.79 Å². The molecular formula is C10H11N3OS. The van der Waals surface area contributed by atoms with Crippen LogP contribution < -0.4 is 5.56 Å². The lowest BCUT2D eigenvalue weighted by molar-refractivity contribution is 0.653. The molecule has 0 saturated carbocycles. The van der Waals surface area contributed by atoms with Gasteiger partial charge in [-0.3, -0.25) is 4.79 Å². The number of hydrogen-bond donors (Lipinski definition) is 0. The van der Waals surface area contributed by atoms with E-state index >= 15 is 0 Å². The third-order valence-electron chi connectivity index (χ3n) is 2.91. The van der Waals surface area contributed by atoms with E-state index in [-0.39, 0.29) is 5.56 Å². The van der Waals surface area contributed by atoms with Crippen molar-refractivity contribution < 1.29 is 0 Å². The lowest BCUT2D eigenvalue weighted by Crippen LogP contribution is -2.19. The Morgan fingerprint density at radius 2 is 2.13 bits per heavy atom. The Bertz CT molecular complexity index is 584. The van der Waals surface area contributed by atoms with E-state index in [0.29, 0.717) is 0 Å². The highest BCUT2D eigenvalue weighted by molar-refractivity contribution is 7.19. The lowest BCUT2D eigenvalue weighted by Gasteiger charge is -2.09. The maximum Gasteiger partial charge on any atom is 0.287 e. The second kappa shape index (κ2) is 3.13. The zero-order valence-electron chi connectivity index (χ0n) is 8.49. The van der Waals surface area contributed by atoms with Crippen LogP contribution in [0.4, 0.5) is 0 Å². The standard InChI is InChI=1S/C10H11N3OS/c1-13-10(14)9-8(11-12-13)6-4-2-3-5-7(6)15-9/h2-5H2,1H3. The fourth-order valence-electron chi connectivity index (χ4n) is 2.10. The number of hydrogen-bond acceptors (Lipinski definition) is 4. The van der Waals surface area contributed by atoms with Gasteiger partial charge < -0.3 is 0 Å². The van der Waals surface area contributed by atoms with Crippen LogP contribution in [0.3, 0.4) is 0 Å². The topological polar surface area (TPSA) is 47.8 Å². The molecule has 1 aliphatic rings. The van der Waals surface area contributed by atoms with Gasteiger partial charge in [0.25, 0.3) is 5.56 Å². The molecule has 0 amide bonds. The van der Waals surface area contributed by atoms with Gasteiger partial charge in [-0.1, -0.05) is 5.21 Å². The van der Waals surface area contributed by atoms with Crippen molar-refractivity contribution in [1.29, 1.82) is 0 Å². The number of rotatable bonds is 0. The first kappa shape index (κ1) is 9.03. The van der Waals surface area contributed by atoms with E-state index < -0.39 is 0 Å². The van der Waals surface area contributed by atoms with E-state index in [2.05, 4.69) is 10.3 Å². The number of nitrogens with zero attached hydrogens (tertiary/aromatic N) is 3. The number of thiophene rings is 1. The Morgan fingerprint density at radius 3 is 3.00 bits per heavy atom. The minimum absolute atomic E-state index is 0.0144. The van der Waals surface area contributed by atoms with E-state index in [1.807, 2.05) is 0 Å². The summed E-state index contributed by atoms with van der Waals surface area (Å²) in [6, 6.07) is 0. The predicted octanol–water partition coefficient (Wildman–Crippen LogP) is 1.27. The zero-order chi connectivity index (χ0) is 10.4. The predicted molar refractivity (Wildman–Crippen MR) is 59.3 cm³/mol. The summed E-state index contributed by atoms with van der Waals surface area (Å²) < 4.78 is 2.09. The minimum atomic E-state index is -0.0144. The Hall–Kier alpha value is -1.23. The highest BCUT2D eigenvalue weighted by Gasteiger charge is 2.19. The Morgan fingerprint density at radius 1 is 1.33 bits per heavy atom. The van der Waals surface area contributed by atoms with Crippen molar-refractivity contribution in [2.24, 2.45) is 7.05 Å². The van der Waals surface area contributed by atoms with E-state index in [0.717, 1.165) is 23.1 Å². The summed E-state index contributed by atoms with van der Waals surface area (Å²) >= 11 is 1.60. The third kappa shape index (κ3) is 1.23. The molecule has 0 atom stereocenters. The van der Waals surface area contributed by atoms with E-state index in [1.54, 1.807) is 18.4 Å². The molecular weight excluding hydrogens is 210 g/mol. The molecule has 3 rings (SSSR count). The molecule has 0 saturated heterocycles. The van der Waals surface area contributed by atoms with Crippen LogP contribution in [0, 0.1) is 0 Å². The molecule has 2 heterocycles. The number of fused-ring (bicyclic) bond motifs is 3. The lowest BCUT2D eigenvalue weighted by atomic mass is 9.98. The molecule has 0 spiro atoms. The van der Waals surface area contributed by atoms with Gasteiger partial charge in [0.05, 0.1) is 0 Å². The summed E-state index contributed by atoms with van der Waals surface area (Å²) in [5.41, 5.74) is 2.10. The minimum Gasteiger partial charge on any atom is -0.266 e. The SMILES string of the molecule is Cn1nnc2c3c(sc2c1=O)CCCC3. The molecule has 4 nitrogen and oxygen atoms in total. The molecule has 0 N–H and O–H groups in total. The van der Waals surface area contributed by atoms with Crippen LogP contribution in [0.1, 0.15) is 23.3 Å². The van der Waals surface area contributed by atoms with Crippen LogP contribution in [0.15, 0.2) is 4.79 Å². The van der Waals surface area contributed by atoms with Gasteiger partial charge in [-0.05, 0) is 31.2 Å². The summed E-state index contributed by atoms with van der Waals surface area (Å²) in [6.07, 6.45) is 4.58. The van der Waals surface area contributed by atoms with Crippen LogP contribution in [0.2, 0.25) is 0 Å². The van der Waals surface area contributed by atoms with Crippen LogP contribution in [-0.4, -0.2) is 15.0 Å². The van der Waals surface area contributed by atoms with Crippen LogP contribution >= 0.6 is 11.3 Å². The van der Waals surface area contributed by atoms with Crippen LogP contribution in [0.25, 0.3) is 10.2 Å². The van der Waals surface area contributed by atoms with Crippen molar-refractivity contribution >= 4 is 21.6 Å². The first-order valence-corrected chi connectivity index (χ1v) is 5.93. The molecule has 0 unspecified atom stereocenters. The maximum atomic E-state index is 11.8. The molecule has 2 aromatic heterocycles. The summed E-state index contributed by atoms with van der Waals surface area (Å²) in [4.78, 5) is 13.2. The van der Waals surface area contributed by atoms with Crippen molar-refractivity contribution in [3.05, 3.63) is 20.8 Å². The van der Waals surface area contributed by atoms with Crippen molar-refractivity contribution in [2.45, 2.75) is 25.7 Å². The average Bonchev–Trinajstić information content (AvgIpc) is 2.63. The Balaban J connectivity index is 2.41. The van der Waals surface area contributed by atoms with E-state index in [1.165, 1.54) is 28.0 Å². The van der Waals surface area contributed by atoms with Crippen molar-refractivity contribution in [1.82, 2.24) is 15.0 Å². The normalized spacial score (nSPS) is 15.5. The van der Waals surface area contributed by atoms with Gasteiger partial charge in [0.1, 0.15) is 10.2 Å². The molecule has 78 valence electrons. The Kier molecular flexibility index (Phi) is 1.88. The van der Waals surface area contributed by atoms with Gasteiger partial charge in [-0.2, -0.15) is 0 Å². The number of aryl methyl sites for hydroxylation is 3. The van der Waals surface area contributed by atoms with Crippen molar-refractivity contribution in [3.8, 4) is 0 Å². The van der Waals surface area contributed by atoms with Crippen molar-refractivity contribution in [2.75, 3.05) is 0 Å². The molecule has 15 heavy (non-hydrogen) atoms. The molecule has 5 heteroatoms. The average molecular weight is 221 g/mol. The molecule has 0 aromatic carbocycles.